The molecular weight excluding hydrogens is 365 g/mol. The third-order valence-electron chi connectivity index (χ3n) is 3.44. The Morgan fingerprint density at radius 1 is 1.12 bits per heavy atom. The highest BCUT2D eigenvalue weighted by Crippen LogP contribution is 2.38. The van der Waals surface area contributed by atoms with Crippen molar-refractivity contribution in [1.82, 2.24) is 0 Å². The number of hydrogen-bond acceptors (Lipinski definition) is 4. The summed E-state index contributed by atoms with van der Waals surface area (Å²) in [4.78, 5) is 4.49. The highest BCUT2D eigenvalue weighted by atomic mass is 35.5. The summed E-state index contributed by atoms with van der Waals surface area (Å²) in [5.41, 5.74) is 1.99. The van der Waals surface area contributed by atoms with Gasteiger partial charge >= 0.3 is 0 Å². The summed E-state index contributed by atoms with van der Waals surface area (Å²) in [5.74, 6) is 2.20. The van der Waals surface area contributed by atoms with Crippen LogP contribution in [0.15, 0.2) is 41.4 Å². The highest BCUT2D eigenvalue weighted by molar-refractivity contribution is 8.14. The van der Waals surface area contributed by atoms with Crippen LogP contribution in [0.1, 0.15) is 18.1 Å². The SMILES string of the molecule is CCOc1cc(C2=NCCS2)cc(Cl)c1OCc1ccc(Cl)cc1. The van der Waals surface area contributed by atoms with Crippen molar-refractivity contribution >= 4 is 40.0 Å². The van der Waals surface area contributed by atoms with Gasteiger partial charge in [0.1, 0.15) is 6.61 Å². The van der Waals surface area contributed by atoms with Crippen LogP contribution in [-0.2, 0) is 6.61 Å². The lowest BCUT2D eigenvalue weighted by Gasteiger charge is -2.15. The van der Waals surface area contributed by atoms with Crippen LogP contribution in [0.2, 0.25) is 10.0 Å². The topological polar surface area (TPSA) is 30.8 Å². The van der Waals surface area contributed by atoms with Crippen LogP contribution in [0.5, 0.6) is 11.5 Å². The maximum absolute atomic E-state index is 6.45. The Bertz CT molecular complexity index is 747. The molecule has 0 saturated heterocycles. The average Bonchev–Trinajstić information content (AvgIpc) is 3.10. The summed E-state index contributed by atoms with van der Waals surface area (Å²) in [5, 5.41) is 2.23. The van der Waals surface area contributed by atoms with E-state index in [2.05, 4.69) is 4.99 Å². The molecule has 0 aliphatic carbocycles. The van der Waals surface area contributed by atoms with Gasteiger partial charge in [-0.25, -0.2) is 0 Å². The fraction of sp³-hybridized carbons (Fsp3) is 0.278. The Balaban J connectivity index is 1.84. The molecule has 3 nitrogen and oxygen atoms in total. The van der Waals surface area contributed by atoms with Gasteiger partial charge in [0.25, 0.3) is 0 Å². The molecule has 0 radical (unpaired) electrons. The van der Waals surface area contributed by atoms with E-state index in [-0.39, 0.29) is 0 Å². The smallest absolute Gasteiger partial charge is 0.180 e. The molecule has 0 N–H and O–H groups in total. The van der Waals surface area contributed by atoms with Gasteiger partial charge in [-0.15, -0.1) is 11.8 Å². The second-order valence-corrected chi connectivity index (χ2v) is 7.10. The van der Waals surface area contributed by atoms with Gasteiger partial charge in [0.05, 0.1) is 16.7 Å². The first-order valence-electron chi connectivity index (χ1n) is 7.68. The average molecular weight is 382 g/mol. The molecule has 0 spiro atoms. The van der Waals surface area contributed by atoms with Gasteiger partial charge in [0.15, 0.2) is 11.5 Å². The fourth-order valence-electron chi connectivity index (χ4n) is 2.34. The van der Waals surface area contributed by atoms with E-state index in [1.807, 2.05) is 43.3 Å². The summed E-state index contributed by atoms with van der Waals surface area (Å²) >= 11 is 14.1. The van der Waals surface area contributed by atoms with Crippen LogP contribution in [0.3, 0.4) is 0 Å². The van der Waals surface area contributed by atoms with E-state index < -0.39 is 0 Å². The van der Waals surface area contributed by atoms with Gasteiger partial charge < -0.3 is 9.47 Å². The quantitative estimate of drug-likeness (QED) is 0.664. The van der Waals surface area contributed by atoms with E-state index in [1.165, 1.54) is 0 Å². The van der Waals surface area contributed by atoms with Crippen LogP contribution >= 0.6 is 35.0 Å². The third kappa shape index (κ3) is 4.18. The van der Waals surface area contributed by atoms with E-state index in [9.17, 15) is 0 Å². The van der Waals surface area contributed by atoms with Gasteiger partial charge in [-0.1, -0.05) is 35.3 Å². The third-order valence-corrected chi connectivity index (χ3v) is 5.00. The molecule has 6 heteroatoms. The van der Waals surface area contributed by atoms with Crippen LogP contribution in [0, 0.1) is 0 Å². The number of ether oxygens (including phenoxy) is 2. The molecule has 0 aromatic heterocycles. The number of thioether (sulfide) groups is 1. The Hall–Kier alpha value is -1.36. The Morgan fingerprint density at radius 2 is 1.92 bits per heavy atom. The Kier molecular flexibility index (Phi) is 5.93. The molecule has 2 aromatic rings. The molecule has 0 amide bonds. The first-order valence-corrected chi connectivity index (χ1v) is 9.42. The Labute approximate surface area is 156 Å². The van der Waals surface area contributed by atoms with Gasteiger partial charge in [0.2, 0.25) is 0 Å². The summed E-state index contributed by atoms with van der Waals surface area (Å²) in [6, 6.07) is 11.4. The number of nitrogens with zero attached hydrogens (tertiary/aromatic N) is 1. The number of hydrogen-bond donors (Lipinski definition) is 0. The Morgan fingerprint density at radius 3 is 2.58 bits per heavy atom. The lowest BCUT2D eigenvalue weighted by Crippen LogP contribution is -2.02. The van der Waals surface area contributed by atoms with Crippen molar-refractivity contribution < 1.29 is 9.47 Å². The fourth-order valence-corrected chi connectivity index (χ4v) is 3.57. The minimum absolute atomic E-state index is 0.395. The first kappa shape index (κ1) is 17.5. The summed E-state index contributed by atoms with van der Waals surface area (Å²) < 4.78 is 11.6. The van der Waals surface area contributed by atoms with Crippen molar-refractivity contribution in [3.8, 4) is 11.5 Å². The summed E-state index contributed by atoms with van der Waals surface area (Å²) in [6.07, 6.45) is 0. The van der Waals surface area contributed by atoms with Gasteiger partial charge in [-0.3, -0.25) is 4.99 Å². The number of rotatable bonds is 6. The zero-order valence-electron chi connectivity index (χ0n) is 13.2. The molecule has 126 valence electrons. The minimum Gasteiger partial charge on any atom is -0.490 e. The van der Waals surface area contributed by atoms with Crippen LogP contribution < -0.4 is 9.47 Å². The molecule has 1 aliphatic heterocycles. The van der Waals surface area contributed by atoms with Crippen molar-refractivity contribution in [3.63, 3.8) is 0 Å². The molecule has 0 fully saturated rings. The lowest BCUT2D eigenvalue weighted by molar-refractivity contribution is 0.269. The standard InChI is InChI=1S/C18H17Cl2NO2S/c1-2-22-16-10-13(18-21-7-8-24-18)9-15(20)17(16)23-11-12-3-5-14(19)6-4-12/h3-6,9-10H,2,7-8,11H2,1H3. The zero-order chi connectivity index (χ0) is 16.9. The molecule has 0 bridgehead atoms. The number of aliphatic imine (C=N–C) groups is 1. The first-order chi connectivity index (χ1) is 11.7. The zero-order valence-corrected chi connectivity index (χ0v) is 15.5. The molecule has 0 saturated carbocycles. The van der Waals surface area contributed by atoms with E-state index in [0.717, 1.165) is 28.5 Å². The normalized spacial score (nSPS) is 13.7. The van der Waals surface area contributed by atoms with Crippen molar-refractivity contribution in [3.05, 3.63) is 57.6 Å². The van der Waals surface area contributed by atoms with Crippen molar-refractivity contribution in [2.24, 2.45) is 4.99 Å². The lowest BCUT2D eigenvalue weighted by atomic mass is 10.2. The van der Waals surface area contributed by atoms with Gasteiger partial charge in [-0.2, -0.15) is 0 Å². The van der Waals surface area contributed by atoms with Crippen LogP contribution in [0.4, 0.5) is 0 Å². The van der Waals surface area contributed by atoms with Crippen LogP contribution in [0.25, 0.3) is 0 Å². The van der Waals surface area contributed by atoms with Gasteiger partial charge in [-0.05, 0) is 36.8 Å². The van der Waals surface area contributed by atoms with E-state index >= 15 is 0 Å². The van der Waals surface area contributed by atoms with E-state index in [1.54, 1.807) is 11.8 Å². The molecule has 24 heavy (non-hydrogen) atoms. The number of benzene rings is 2. The predicted octanol–water partition coefficient (Wildman–Crippen LogP) is 5.46. The maximum atomic E-state index is 6.45. The second kappa shape index (κ2) is 8.15. The maximum Gasteiger partial charge on any atom is 0.180 e. The molecule has 1 heterocycles. The van der Waals surface area contributed by atoms with Crippen molar-refractivity contribution in [2.75, 3.05) is 18.9 Å². The molecule has 1 aliphatic rings. The highest BCUT2D eigenvalue weighted by Gasteiger charge is 2.17. The molecule has 2 aromatic carbocycles. The molecule has 0 atom stereocenters. The van der Waals surface area contributed by atoms with E-state index in [4.69, 9.17) is 32.7 Å². The molecular formula is C18H17Cl2NO2S. The monoisotopic (exact) mass is 381 g/mol. The molecule has 0 unspecified atom stereocenters. The molecule has 3 rings (SSSR count). The summed E-state index contributed by atoms with van der Waals surface area (Å²) in [7, 11) is 0. The van der Waals surface area contributed by atoms with Gasteiger partial charge in [0, 0.05) is 22.9 Å². The predicted molar refractivity (Wildman–Crippen MR) is 102 cm³/mol. The van der Waals surface area contributed by atoms with Crippen LogP contribution in [-0.4, -0.2) is 23.9 Å². The van der Waals surface area contributed by atoms with Crippen molar-refractivity contribution in [2.45, 2.75) is 13.5 Å². The largest absolute Gasteiger partial charge is 0.490 e. The number of halogens is 2. The minimum atomic E-state index is 0.395. The van der Waals surface area contributed by atoms with E-state index in [0.29, 0.717) is 34.8 Å². The summed E-state index contributed by atoms with van der Waals surface area (Å²) in [6.45, 7) is 3.71. The van der Waals surface area contributed by atoms with Crippen molar-refractivity contribution in [1.29, 1.82) is 0 Å². The second-order valence-electron chi connectivity index (χ2n) is 5.17.